The van der Waals surface area contributed by atoms with Crippen molar-refractivity contribution in [1.29, 1.82) is 0 Å². The van der Waals surface area contributed by atoms with Gasteiger partial charge in [0.2, 0.25) is 0 Å². The molecule has 1 saturated carbocycles. The fourth-order valence-electron chi connectivity index (χ4n) is 3.16. The van der Waals surface area contributed by atoms with Crippen molar-refractivity contribution in [1.82, 2.24) is 0 Å². The Kier molecular flexibility index (Phi) is 4.68. The Balaban J connectivity index is 1.55. The summed E-state index contributed by atoms with van der Waals surface area (Å²) in [6, 6.07) is 6.81. The number of hydrogen-bond donors (Lipinski definition) is 1. The second-order valence-electron chi connectivity index (χ2n) is 5.85. The van der Waals surface area contributed by atoms with Gasteiger partial charge in [-0.2, -0.15) is 0 Å². The molecule has 23 heavy (non-hydrogen) atoms. The quantitative estimate of drug-likeness (QED) is 0.659. The van der Waals surface area contributed by atoms with Crippen LogP contribution in [0.3, 0.4) is 0 Å². The number of halogens is 1. The van der Waals surface area contributed by atoms with Gasteiger partial charge in [-0.05, 0) is 24.3 Å². The van der Waals surface area contributed by atoms with Gasteiger partial charge in [0, 0.05) is 23.3 Å². The van der Waals surface area contributed by atoms with Gasteiger partial charge in [-0.1, -0.05) is 23.7 Å². The van der Waals surface area contributed by atoms with Crippen LogP contribution in [0.25, 0.3) is 0 Å². The zero-order valence-electron chi connectivity index (χ0n) is 12.4. The Morgan fingerprint density at radius 3 is 3.09 bits per heavy atom. The molecule has 1 saturated heterocycles. The van der Waals surface area contributed by atoms with Crippen LogP contribution in [0.2, 0.25) is 5.02 Å². The summed E-state index contributed by atoms with van der Waals surface area (Å²) in [6.45, 7) is -0.108. The Bertz CT molecular complexity index is 642. The fraction of sp³-hybridized carbons (Fsp3) is 0.412. The molecule has 0 spiro atoms. The van der Waals surface area contributed by atoms with E-state index >= 15 is 0 Å². The number of carbonyl (C=O) groups is 2. The average molecular weight is 337 g/mol. The molecule has 1 aliphatic heterocycles. The Hall–Kier alpha value is -1.85. The highest BCUT2D eigenvalue weighted by Crippen LogP contribution is 2.41. The maximum absolute atomic E-state index is 11.9. The Labute approximate surface area is 138 Å². The van der Waals surface area contributed by atoms with Crippen molar-refractivity contribution in [3.05, 3.63) is 41.4 Å². The number of fused-ring (bicyclic) bond motifs is 1. The van der Waals surface area contributed by atoms with Gasteiger partial charge in [0.05, 0.1) is 12.5 Å². The smallest absolute Gasteiger partial charge is 0.306 e. The van der Waals surface area contributed by atoms with Crippen LogP contribution < -0.4 is 4.74 Å². The van der Waals surface area contributed by atoms with Crippen LogP contribution in [0, 0.1) is 11.8 Å². The van der Waals surface area contributed by atoms with E-state index in [1.807, 2.05) is 0 Å². The summed E-state index contributed by atoms with van der Waals surface area (Å²) in [5.41, 5.74) is 0. The van der Waals surface area contributed by atoms with Gasteiger partial charge >= 0.3 is 5.97 Å². The Morgan fingerprint density at radius 1 is 1.48 bits per heavy atom. The second kappa shape index (κ2) is 6.72. The largest absolute Gasteiger partial charge is 0.485 e. The SMILES string of the molecule is O=C(/C=C/[C@H]1[C@@H]2CC(=O)O[C@@H]2C[C@@H]1O)COc1cccc(Cl)c1. The highest BCUT2D eigenvalue weighted by molar-refractivity contribution is 6.30. The number of aliphatic hydroxyl groups excluding tert-OH is 1. The van der Waals surface area contributed by atoms with Gasteiger partial charge in [-0.3, -0.25) is 9.59 Å². The molecule has 3 rings (SSSR count). The lowest BCUT2D eigenvalue weighted by Crippen LogP contribution is -2.18. The topological polar surface area (TPSA) is 72.8 Å². The summed E-state index contributed by atoms with van der Waals surface area (Å²) in [4.78, 5) is 23.2. The molecule has 2 fully saturated rings. The molecule has 0 aromatic heterocycles. The van der Waals surface area contributed by atoms with Crippen LogP contribution in [-0.4, -0.2) is 35.7 Å². The van der Waals surface area contributed by atoms with Crippen molar-refractivity contribution in [2.45, 2.75) is 25.0 Å². The lowest BCUT2D eigenvalue weighted by atomic mass is 9.91. The van der Waals surface area contributed by atoms with E-state index in [9.17, 15) is 14.7 Å². The van der Waals surface area contributed by atoms with Gasteiger partial charge in [0.25, 0.3) is 0 Å². The number of aliphatic hydroxyl groups is 1. The van der Waals surface area contributed by atoms with E-state index in [4.69, 9.17) is 21.1 Å². The number of carbonyl (C=O) groups excluding carboxylic acids is 2. The van der Waals surface area contributed by atoms with Crippen molar-refractivity contribution in [3.8, 4) is 5.75 Å². The molecular formula is C17H17ClO5. The van der Waals surface area contributed by atoms with Crippen LogP contribution in [0.4, 0.5) is 0 Å². The molecule has 4 atom stereocenters. The number of rotatable bonds is 5. The molecule has 0 amide bonds. The number of hydrogen-bond acceptors (Lipinski definition) is 5. The van der Waals surface area contributed by atoms with Crippen LogP contribution in [0.5, 0.6) is 5.75 Å². The maximum Gasteiger partial charge on any atom is 0.306 e. The van der Waals surface area contributed by atoms with E-state index < -0.39 is 6.10 Å². The van der Waals surface area contributed by atoms with Crippen molar-refractivity contribution in [2.24, 2.45) is 11.8 Å². The van der Waals surface area contributed by atoms with Crippen molar-refractivity contribution < 1.29 is 24.2 Å². The predicted octanol–water partition coefficient (Wildman–Crippen LogP) is 2.16. The van der Waals surface area contributed by atoms with Crippen molar-refractivity contribution in [2.75, 3.05) is 6.61 Å². The molecular weight excluding hydrogens is 320 g/mol. The highest BCUT2D eigenvalue weighted by Gasteiger charge is 2.48. The van der Waals surface area contributed by atoms with E-state index in [1.165, 1.54) is 6.08 Å². The van der Waals surface area contributed by atoms with E-state index in [-0.39, 0.29) is 36.3 Å². The molecule has 1 N–H and O–H groups in total. The average Bonchev–Trinajstić information content (AvgIpc) is 2.98. The number of ketones is 1. The summed E-state index contributed by atoms with van der Waals surface area (Å²) in [5, 5.41) is 10.6. The third-order valence-corrected chi connectivity index (χ3v) is 4.49. The second-order valence-corrected chi connectivity index (χ2v) is 6.28. The monoisotopic (exact) mass is 336 g/mol. The maximum atomic E-state index is 11.9. The van der Waals surface area contributed by atoms with E-state index in [0.29, 0.717) is 23.6 Å². The van der Waals surface area contributed by atoms with Crippen LogP contribution >= 0.6 is 11.6 Å². The first kappa shape index (κ1) is 16.0. The minimum Gasteiger partial charge on any atom is -0.485 e. The summed E-state index contributed by atoms with van der Waals surface area (Å²) in [5.74, 6) is -0.209. The highest BCUT2D eigenvalue weighted by atomic mass is 35.5. The zero-order chi connectivity index (χ0) is 16.4. The first-order chi connectivity index (χ1) is 11.0. The molecule has 0 bridgehead atoms. The molecule has 1 aromatic carbocycles. The lowest BCUT2D eigenvalue weighted by molar-refractivity contribution is -0.141. The predicted molar refractivity (Wildman–Crippen MR) is 83.2 cm³/mol. The minimum atomic E-state index is -0.587. The fourth-order valence-corrected chi connectivity index (χ4v) is 3.34. The molecule has 2 aliphatic rings. The minimum absolute atomic E-state index is 0.0459. The first-order valence-corrected chi connectivity index (χ1v) is 7.87. The number of ether oxygens (including phenoxy) is 2. The number of esters is 1. The van der Waals surface area contributed by atoms with E-state index in [0.717, 1.165) is 0 Å². The summed E-state index contributed by atoms with van der Waals surface area (Å²) < 4.78 is 10.5. The molecule has 1 aromatic rings. The number of benzene rings is 1. The summed E-state index contributed by atoms with van der Waals surface area (Å²) in [7, 11) is 0. The lowest BCUT2D eigenvalue weighted by Gasteiger charge is -2.14. The van der Waals surface area contributed by atoms with Gasteiger partial charge in [-0.25, -0.2) is 0 Å². The molecule has 0 unspecified atom stereocenters. The normalized spacial score (nSPS) is 29.6. The summed E-state index contributed by atoms with van der Waals surface area (Å²) >= 11 is 5.84. The third kappa shape index (κ3) is 3.74. The van der Waals surface area contributed by atoms with E-state index in [2.05, 4.69) is 0 Å². The van der Waals surface area contributed by atoms with Gasteiger partial charge < -0.3 is 14.6 Å². The molecule has 1 aliphatic carbocycles. The molecule has 1 heterocycles. The Morgan fingerprint density at radius 2 is 2.30 bits per heavy atom. The van der Waals surface area contributed by atoms with Crippen molar-refractivity contribution >= 4 is 23.4 Å². The van der Waals surface area contributed by atoms with Crippen LogP contribution in [-0.2, 0) is 14.3 Å². The van der Waals surface area contributed by atoms with Crippen LogP contribution in [0.1, 0.15) is 12.8 Å². The molecule has 0 radical (unpaired) electrons. The van der Waals surface area contributed by atoms with Crippen molar-refractivity contribution in [3.63, 3.8) is 0 Å². The van der Waals surface area contributed by atoms with Crippen LogP contribution in [0.15, 0.2) is 36.4 Å². The molecule has 5 nitrogen and oxygen atoms in total. The molecule has 6 heteroatoms. The zero-order valence-corrected chi connectivity index (χ0v) is 13.1. The third-order valence-electron chi connectivity index (χ3n) is 4.26. The van der Waals surface area contributed by atoms with Gasteiger partial charge in [0.15, 0.2) is 12.4 Å². The van der Waals surface area contributed by atoms with Gasteiger partial charge in [0.1, 0.15) is 11.9 Å². The molecule has 122 valence electrons. The standard InChI is InChI=1S/C17H17ClO5/c18-10-2-1-3-12(6-10)22-9-11(19)4-5-13-14-7-17(21)23-16(14)8-15(13)20/h1-6,13-16,20H,7-9H2/b5-4+/t13-,14-,15-,16+/m0/s1. The first-order valence-electron chi connectivity index (χ1n) is 7.50. The summed E-state index contributed by atoms with van der Waals surface area (Å²) in [6.07, 6.45) is 2.98. The van der Waals surface area contributed by atoms with E-state index in [1.54, 1.807) is 30.3 Å². The van der Waals surface area contributed by atoms with Gasteiger partial charge in [-0.15, -0.1) is 0 Å².